The van der Waals surface area contributed by atoms with E-state index in [-0.39, 0.29) is 69.6 Å². The van der Waals surface area contributed by atoms with Gasteiger partial charge in [-0.2, -0.15) is 0 Å². The van der Waals surface area contributed by atoms with Crippen LogP contribution in [-0.2, 0) is 0 Å². The summed E-state index contributed by atoms with van der Waals surface area (Å²) in [6.07, 6.45) is 0. The molecule has 0 radical (unpaired) electrons. The van der Waals surface area contributed by atoms with E-state index in [2.05, 4.69) is 0 Å². The smallest absolute Gasteiger partial charge is 0.0402 e. The fourth-order valence-electron chi connectivity index (χ4n) is 0. The number of halogens is 1. The molecule has 0 spiro atoms. The van der Waals surface area contributed by atoms with Crippen LogP contribution in [-0.4, -0.2) is 46.9 Å². The maximum Gasteiger partial charge on any atom is 0.0402 e. The van der Waals surface area contributed by atoms with Crippen molar-refractivity contribution >= 4 is 12.4 Å². The summed E-state index contributed by atoms with van der Waals surface area (Å²) in [7, 11) is 0. The molecule has 0 amide bonds. The van der Waals surface area contributed by atoms with Crippen LogP contribution in [0.5, 0.6) is 0 Å². The van der Waals surface area contributed by atoms with E-state index in [9.17, 15) is 0 Å². The first kappa shape index (κ1) is 81.7. The number of aliphatic hydroxyl groups excluding tert-OH is 4. The number of hydrogen-bond acceptors (Lipinski definition) is 9. The van der Waals surface area contributed by atoms with Crippen molar-refractivity contribution < 1.29 is 20.4 Å². The molecule has 0 aromatic rings. The minimum Gasteiger partial charge on any atom is -0.397 e. The largest absolute Gasteiger partial charge is 0.397 e. The summed E-state index contributed by atoms with van der Waals surface area (Å²) in [5.74, 6) is 0. The van der Waals surface area contributed by atoms with Crippen LogP contribution >= 0.6 is 12.4 Å². The van der Waals surface area contributed by atoms with Gasteiger partial charge in [-0.1, -0.05) is 0 Å². The topological polar surface area (TPSA) is 256 Å². The SMILES string of the molecule is CCO.CCO.CCO.CCO.Cl.N.N.N.N.N. The molecule has 0 atom stereocenters. The minimum atomic E-state index is 0. The van der Waals surface area contributed by atoms with Gasteiger partial charge < -0.3 is 51.2 Å². The first-order chi connectivity index (χ1) is 5.66. The first-order valence-electron chi connectivity index (χ1n) is 4.09. The fraction of sp³-hybridized carbons (Fsp3) is 1.00. The van der Waals surface area contributed by atoms with E-state index in [1.807, 2.05) is 0 Å². The minimum absolute atomic E-state index is 0. The predicted octanol–water partition coefficient (Wildman–Crippen LogP) is 1.23. The fourth-order valence-corrected chi connectivity index (χ4v) is 0. The number of hydrogen-bond donors (Lipinski definition) is 9. The Labute approximate surface area is 118 Å². The Balaban J connectivity index is -0.00000000533. The van der Waals surface area contributed by atoms with Gasteiger partial charge in [0, 0.05) is 26.4 Å². The van der Waals surface area contributed by atoms with E-state index in [0.29, 0.717) is 0 Å². The van der Waals surface area contributed by atoms with E-state index in [1.165, 1.54) is 0 Å². The molecule has 18 heavy (non-hydrogen) atoms. The van der Waals surface area contributed by atoms with Gasteiger partial charge in [0.25, 0.3) is 0 Å². The van der Waals surface area contributed by atoms with E-state index >= 15 is 0 Å². The molecule has 9 nitrogen and oxygen atoms in total. The second kappa shape index (κ2) is 278. The van der Waals surface area contributed by atoms with Crippen molar-refractivity contribution in [2.75, 3.05) is 26.4 Å². The lowest BCUT2D eigenvalue weighted by molar-refractivity contribution is 0.318. The number of aliphatic hydroxyl groups is 4. The summed E-state index contributed by atoms with van der Waals surface area (Å²) in [5, 5.41) is 30.3. The summed E-state index contributed by atoms with van der Waals surface area (Å²) < 4.78 is 0. The van der Waals surface area contributed by atoms with E-state index in [0.717, 1.165) is 0 Å². The third-order valence-electron chi connectivity index (χ3n) is 0. The van der Waals surface area contributed by atoms with Crippen LogP contribution < -0.4 is 30.8 Å². The standard InChI is InChI=1S/4C2H6O.ClH.5H3N/c4*1-2-3;;;;;;/h4*3H,2H2,1H3;1H;5*1H3. The summed E-state index contributed by atoms with van der Waals surface area (Å²) >= 11 is 0. The molecule has 0 bridgehead atoms. The molecule has 0 rings (SSSR count). The molecule has 19 N–H and O–H groups in total. The Kier molecular flexibility index (Phi) is 1260. The van der Waals surface area contributed by atoms with Crippen LogP contribution in [0.3, 0.4) is 0 Å². The normalized spacial score (nSPS) is 4.00. The van der Waals surface area contributed by atoms with Gasteiger partial charge >= 0.3 is 0 Å². The highest BCUT2D eigenvalue weighted by Crippen LogP contribution is 1.31. The molecular formula is C8H40ClN5O4. The quantitative estimate of drug-likeness (QED) is 0.311. The molecular weight excluding hydrogens is 266 g/mol. The highest BCUT2D eigenvalue weighted by Gasteiger charge is 1.35. The van der Waals surface area contributed by atoms with Crippen molar-refractivity contribution in [3.63, 3.8) is 0 Å². The Hall–Kier alpha value is -0.0700. The molecule has 128 valence electrons. The second-order valence-corrected chi connectivity index (χ2v) is 1.26. The van der Waals surface area contributed by atoms with Gasteiger partial charge in [-0.15, -0.1) is 12.4 Å². The van der Waals surface area contributed by atoms with Crippen molar-refractivity contribution in [2.45, 2.75) is 27.7 Å². The third-order valence-corrected chi connectivity index (χ3v) is 0. The molecule has 0 aliphatic rings. The molecule has 0 aliphatic carbocycles. The predicted molar refractivity (Wildman–Crippen MR) is 83.4 cm³/mol. The Bertz CT molecular complexity index is 39.4. The van der Waals surface area contributed by atoms with Gasteiger partial charge in [0.05, 0.1) is 0 Å². The highest BCUT2D eigenvalue weighted by molar-refractivity contribution is 5.85. The summed E-state index contributed by atoms with van der Waals surface area (Å²) in [5.41, 5.74) is 0. The summed E-state index contributed by atoms with van der Waals surface area (Å²) in [4.78, 5) is 0. The van der Waals surface area contributed by atoms with Crippen molar-refractivity contribution in [1.82, 2.24) is 30.8 Å². The van der Waals surface area contributed by atoms with Crippen LogP contribution in [0.1, 0.15) is 27.7 Å². The monoisotopic (exact) mass is 305 g/mol. The molecule has 0 heterocycles. The zero-order valence-corrected chi connectivity index (χ0v) is 13.4. The Morgan fingerprint density at radius 2 is 0.444 bits per heavy atom. The first-order valence-corrected chi connectivity index (χ1v) is 4.09. The molecule has 0 unspecified atom stereocenters. The van der Waals surface area contributed by atoms with Crippen LogP contribution in [0.25, 0.3) is 0 Å². The van der Waals surface area contributed by atoms with Gasteiger partial charge in [0.2, 0.25) is 0 Å². The average molecular weight is 306 g/mol. The van der Waals surface area contributed by atoms with Crippen LogP contribution in [0.4, 0.5) is 0 Å². The third kappa shape index (κ3) is 725000. The van der Waals surface area contributed by atoms with Crippen molar-refractivity contribution in [3.8, 4) is 0 Å². The maximum atomic E-state index is 7.57. The maximum absolute atomic E-state index is 7.57. The summed E-state index contributed by atoms with van der Waals surface area (Å²) in [6, 6.07) is 0. The zero-order valence-electron chi connectivity index (χ0n) is 12.6. The van der Waals surface area contributed by atoms with Crippen molar-refractivity contribution in [2.24, 2.45) is 0 Å². The van der Waals surface area contributed by atoms with Crippen LogP contribution in [0.15, 0.2) is 0 Å². The van der Waals surface area contributed by atoms with Gasteiger partial charge in [0.15, 0.2) is 0 Å². The molecule has 0 saturated heterocycles. The van der Waals surface area contributed by atoms with E-state index in [1.54, 1.807) is 27.7 Å². The summed E-state index contributed by atoms with van der Waals surface area (Å²) in [6.45, 7) is 7.72. The lowest BCUT2D eigenvalue weighted by Crippen LogP contribution is -1.57. The highest BCUT2D eigenvalue weighted by atomic mass is 35.5. The average Bonchev–Trinajstić information content (AvgIpc) is 1.92. The lowest BCUT2D eigenvalue weighted by Gasteiger charge is -1.52. The number of rotatable bonds is 0. The van der Waals surface area contributed by atoms with Crippen LogP contribution in [0, 0.1) is 0 Å². The second-order valence-electron chi connectivity index (χ2n) is 1.26. The molecule has 0 fully saturated rings. The van der Waals surface area contributed by atoms with E-state index in [4.69, 9.17) is 20.4 Å². The molecule has 0 aromatic heterocycles. The molecule has 0 aliphatic heterocycles. The van der Waals surface area contributed by atoms with Crippen molar-refractivity contribution in [3.05, 3.63) is 0 Å². The molecule has 0 saturated carbocycles. The molecule has 0 aromatic carbocycles. The van der Waals surface area contributed by atoms with Gasteiger partial charge in [-0.05, 0) is 27.7 Å². The Morgan fingerprint density at radius 3 is 0.444 bits per heavy atom. The Morgan fingerprint density at radius 1 is 0.444 bits per heavy atom. The van der Waals surface area contributed by atoms with Crippen molar-refractivity contribution in [1.29, 1.82) is 0 Å². The van der Waals surface area contributed by atoms with Crippen LogP contribution in [0.2, 0.25) is 0 Å². The van der Waals surface area contributed by atoms with Gasteiger partial charge in [-0.25, -0.2) is 0 Å². The zero-order chi connectivity index (χ0) is 10.8. The van der Waals surface area contributed by atoms with Gasteiger partial charge in [0.1, 0.15) is 0 Å². The van der Waals surface area contributed by atoms with Gasteiger partial charge in [-0.3, -0.25) is 0 Å². The lowest BCUT2D eigenvalue weighted by atomic mass is 10.9. The molecule has 10 heteroatoms. The van der Waals surface area contributed by atoms with E-state index < -0.39 is 0 Å².